The maximum Gasteiger partial charge on any atom is 0.268 e. The van der Waals surface area contributed by atoms with Crippen LogP contribution in [0.4, 0.5) is 0 Å². The molecule has 114 valence electrons. The Balaban J connectivity index is 1.53. The van der Waals surface area contributed by atoms with E-state index >= 15 is 0 Å². The van der Waals surface area contributed by atoms with Crippen molar-refractivity contribution in [1.29, 1.82) is 0 Å². The Bertz CT molecular complexity index is 787. The van der Waals surface area contributed by atoms with Crippen molar-refractivity contribution in [2.45, 2.75) is 16.9 Å². The molecule has 1 unspecified atom stereocenters. The predicted octanol–water partition coefficient (Wildman–Crippen LogP) is 5.45. The average Bonchev–Trinajstić information content (AvgIpc) is 3.06. The van der Waals surface area contributed by atoms with Crippen LogP contribution in [0.3, 0.4) is 0 Å². The molecule has 0 radical (unpaired) electrons. The third-order valence-electron chi connectivity index (χ3n) is 3.71. The van der Waals surface area contributed by atoms with E-state index in [9.17, 15) is 0 Å². The molecule has 0 fully saturated rings. The maximum atomic E-state index is 6.07. The van der Waals surface area contributed by atoms with E-state index in [4.69, 9.17) is 9.47 Å². The molecule has 0 saturated carbocycles. The summed E-state index contributed by atoms with van der Waals surface area (Å²) in [6.07, 6.45) is -0.357. The van der Waals surface area contributed by atoms with Gasteiger partial charge in [0.1, 0.15) is 0 Å². The van der Waals surface area contributed by atoms with Gasteiger partial charge in [-0.2, -0.15) is 0 Å². The second-order valence-corrected chi connectivity index (χ2v) is 6.35. The first kappa shape index (κ1) is 14.2. The summed E-state index contributed by atoms with van der Waals surface area (Å²) in [5.74, 6) is 2.58. The van der Waals surface area contributed by atoms with Gasteiger partial charge in [-0.05, 0) is 17.7 Å². The molecule has 3 aromatic rings. The molecule has 3 aromatic carbocycles. The Morgan fingerprint density at radius 3 is 2.26 bits per heavy atom. The summed E-state index contributed by atoms with van der Waals surface area (Å²) in [6, 6.07) is 26.5. The first-order valence-electron chi connectivity index (χ1n) is 7.58. The smallest absolute Gasteiger partial charge is 0.268 e. The van der Waals surface area contributed by atoms with Crippen LogP contribution in [0.5, 0.6) is 11.5 Å². The fourth-order valence-corrected chi connectivity index (χ4v) is 3.52. The number of para-hydroxylation sites is 1. The zero-order chi connectivity index (χ0) is 15.5. The normalized spacial score (nSPS) is 15.6. The van der Waals surface area contributed by atoms with E-state index in [1.165, 1.54) is 5.56 Å². The van der Waals surface area contributed by atoms with Crippen LogP contribution < -0.4 is 9.47 Å². The molecule has 0 amide bonds. The lowest BCUT2D eigenvalue weighted by atomic mass is 10.2. The summed E-state index contributed by atoms with van der Waals surface area (Å²) in [5, 5.41) is 0. The van der Waals surface area contributed by atoms with Crippen molar-refractivity contribution < 1.29 is 9.47 Å². The molecule has 0 aliphatic carbocycles. The van der Waals surface area contributed by atoms with Crippen LogP contribution in [0.25, 0.3) is 0 Å². The second-order valence-electron chi connectivity index (χ2n) is 5.34. The third kappa shape index (κ3) is 3.06. The Morgan fingerprint density at radius 1 is 0.739 bits per heavy atom. The lowest BCUT2D eigenvalue weighted by Crippen LogP contribution is -2.07. The van der Waals surface area contributed by atoms with Gasteiger partial charge in [0, 0.05) is 11.3 Å². The van der Waals surface area contributed by atoms with Gasteiger partial charge in [-0.25, -0.2) is 0 Å². The van der Waals surface area contributed by atoms with E-state index in [1.807, 2.05) is 48.5 Å². The fraction of sp³-hybridized carbons (Fsp3) is 0.100. The average molecular weight is 320 g/mol. The number of hydrogen-bond donors (Lipinski definition) is 0. The molecule has 2 nitrogen and oxygen atoms in total. The molecule has 23 heavy (non-hydrogen) atoms. The number of thioether (sulfide) groups is 1. The van der Waals surface area contributed by atoms with E-state index in [0.717, 1.165) is 27.7 Å². The summed E-state index contributed by atoms with van der Waals surface area (Å²) < 4.78 is 12.0. The highest BCUT2D eigenvalue weighted by atomic mass is 32.2. The van der Waals surface area contributed by atoms with Gasteiger partial charge in [0.25, 0.3) is 6.29 Å². The van der Waals surface area contributed by atoms with Crippen molar-refractivity contribution >= 4 is 11.8 Å². The van der Waals surface area contributed by atoms with Crippen molar-refractivity contribution in [1.82, 2.24) is 0 Å². The zero-order valence-electron chi connectivity index (χ0n) is 12.5. The van der Waals surface area contributed by atoms with Gasteiger partial charge in [-0.15, -0.1) is 11.8 Å². The Hall–Kier alpha value is -2.39. The summed E-state index contributed by atoms with van der Waals surface area (Å²) in [4.78, 5) is 1.12. The summed E-state index contributed by atoms with van der Waals surface area (Å²) in [5.41, 5.74) is 2.33. The molecular formula is C20H16O2S. The summed E-state index contributed by atoms with van der Waals surface area (Å²) in [7, 11) is 0. The van der Waals surface area contributed by atoms with E-state index in [2.05, 4.69) is 30.3 Å². The number of fused-ring (bicyclic) bond motifs is 1. The topological polar surface area (TPSA) is 18.5 Å². The molecule has 1 aliphatic rings. The lowest BCUT2D eigenvalue weighted by Gasteiger charge is -2.10. The molecule has 3 heteroatoms. The van der Waals surface area contributed by atoms with E-state index in [0.29, 0.717) is 0 Å². The molecule has 0 aromatic heterocycles. The van der Waals surface area contributed by atoms with Gasteiger partial charge >= 0.3 is 0 Å². The van der Waals surface area contributed by atoms with Crippen LogP contribution in [-0.4, -0.2) is 0 Å². The molecule has 1 aliphatic heterocycles. The zero-order valence-corrected chi connectivity index (χ0v) is 13.3. The maximum absolute atomic E-state index is 6.07. The highest BCUT2D eigenvalue weighted by Gasteiger charge is 2.27. The van der Waals surface area contributed by atoms with Crippen LogP contribution in [0.1, 0.15) is 17.4 Å². The molecule has 0 N–H and O–H groups in total. The van der Waals surface area contributed by atoms with Crippen LogP contribution in [0.15, 0.2) is 83.8 Å². The molecule has 0 spiro atoms. The standard InChI is InChI=1S/C20H16O2S/c1-3-8-15(9-4-1)14-23-18-13-7-12-17-19(18)22-20(21-17)16-10-5-2-6-11-16/h1-13,20H,14H2. The monoisotopic (exact) mass is 320 g/mol. The molecular weight excluding hydrogens is 304 g/mol. The number of ether oxygens (including phenoxy) is 2. The number of benzene rings is 3. The first-order chi connectivity index (χ1) is 11.4. The van der Waals surface area contributed by atoms with E-state index < -0.39 is 0 Å². The van der Waals surface area contributed by atoms with Crippen molar-refractivity contribution in [3.05, 3.63) is 90.0 Å². The van der Waals surface area contributed by atoms with Crippen molar-refractivity contribution in [3.8, 4) is 11.5 Å². The van der Waals surface area contributed by atoms with Crippen LogP contribution >= 0.6 is 11.8 Å². The Kier molecular flexibility index (Phi) is 3.95. The molecule has 4 rings (SSSR count). The summed E-state index contributed by atoms with van der Waals surface area (Å²) in [6.45, 7) is 0. The largest absolute Gasteiger partial charge is 0.447 e. The van der Waals surface area contributed by atoms with Gasteiger partial charge in [0.2, 0.25) is 0 Å². The second kappa shape index (κ2) is 6.39. The van der Waals surface area contributed by atoms with Crippen molar-refractivity contribution in [2.75, 3.05) is 0 Å². The fourth-order valence-electron chi connectivity index (χ4n) is 2.55. The predicted molar refractivity (Wildman–Crippen MR) is 92.9 cm³/mol. The van der Waals surface area contributed by atoms with Crippen LogP contribution in [0, 0.1) is 0 Å². The molecule has 1 heterocycles. The first-order valence-corrected chi connectivity index (χ1v) is 8.57. The van der Waals surface area contributed by atoms with Crippen LogP contribution in [-0.2, 0) is 5.75 Å². The van der Waals surface area contributed by atoms with Crippen molar-refractivity contribution in [3.63, 3.8) is 0 Å². The minimum atomic E-state index is -0.357. The minimum absolute atomic E-state index is 0.357. The third-order valence-corrected chi connectivity index (χ3v) is 4.82. The molecule has 1 atom stereocenters. The van der Waals surface area contributed by atoms with E-state index in [-0.39, 0.29) is 6.29 Å². The summed E-state index contributed by atoms with van der Waals surface area (Å²) >= 11 is 1.77. The van der Waals surface area contributed by atoms with Gasteiger partial charge in [-0.1, -0.05) is 66.7 Å². The van der Waals surface area contributed by atoms with Gasteiger partial charge in [-0.3, -0.25) is 0 Å². The van der Waals surface area contributed by atoms with Crippen LogP contribution in [0.2, 0.25) is 0 Å². The number of hydrogen-bond acceptors (Lipinski definition) is 3. The quantitative estimate of drug-likeness (QED) is 0.596. The Labute approximate surface area is 140 Å². The van der Waals surface area contributed by atoms with Gasteiger partial charge < -0.3 is 9.47 Å². The molecule has 0 bridgehead atoms. The Morgan fingerprint density at radius 2 is 1.48 bits per heavy atom. The lowest BCUT2D eigenvalue weighted by molar-refractivity contribution is 0.0474. The van der Waals surface area contributed by atoms with E-state index in [1.54, 1.807) is 11.8 Å². The highest BCUT2D eigenvalue weighted by molar-refractivity contribution is 7.98. The SMILES string of the molecule is c1ccc(CSc2cccc3c2OC(c2ccccc2)O3)cc1. The molecule has 0 saturated heterocycles. The highest BCUT2D eigenvalue weighted by Crippen LogP contribution is 2.46. The van der Waals surface area contributed by atoms with Crippen molar-refractivity contribution in [2.24, 2.45) is 0 Å². The minimum Gasteiger partial charge on any atom is -0.447 e. The number of rotatable bonds is 4. The van der Waals surface area contributed by atoms with Gasteiger partial charge in [0.05, 0.1) is 4.90 Å². The van der Waals surface area contributed by atoms with Gasteiger partial charge in [0.15, 0.2) is 11.5 Å².